The summed E-state index contributed by atoms with van der Waals surface area (Å²) in [5.74, 6) is -0.292. The molecule has 27 heavy (non-hydrogen) atoms. The molecule has 3 amide bonds. The molecule has 1 aromatic carbocycles. The maximum atomic E-state index is 13.3. The Bertz CT molecular complexity index is 860. The van der Waals surface area contributed by atoms with Crippen LogP contribution in [0.15, 0.2) is 36.7 Å². The van der Waals surface area contributed by atoms with Crippen molar-refractivity contribution < 1.29 is 18.7 Å². The van der Waals surface area contributed by atoms with E-state index in [9.17, 15) is 14.0 Å². The second-order valence-corrected chi connectivity index (χ2v) is 6.90. The smallest absolute Gasteiger partial charge is 0.407 e. The van der Waals surface area contributed by atoms with Gasteiger partial charge in [-0.3, -0.25) is 4.68 Å². The Morgan fingerprint density at radius 2 is 2.19 bits per heavy atom. The van der Waals surface area contributed by atoms with Crippen LogP contribution in [0.3, 0.4) is 0 Å². The zero-order valence-corrected chi connectivity index (χ0v) is 14.7. The van der Waals surface area contributed by atoms with E-state index in [1.165, 1.54) is 12.1 Å². The van der Waals surface area contributed by atoms with Crippen LogP contribution >= 0.6 is 0 Å². The fourth-order valence-corrected chi connectivity index (χ4v) is 3.44. The Hall–Kier alpha value is -3.10. The first-order chi connectivity index (χ1) is 13.0. The number of urea groups is 1. The molecule has 0 saturated carbocycles. The lowest BCUT2D eigenvalue weighted by Crippen LogP contribution is -2.49. The molecule has 1 aromatic heterocycles. The lowest BCUT2D eigenvalue weighted by molar-refractivity contribution is 0.0110. The summed E-state index contributed by atoms with van der Waals surface area (Å²) in [6, 6.07) is 6.10. The Labute approximate surface area is 155 Å². The Kier molecular flexibility index (Phi) is 4.43. The summed E-state index contributed by atoms with van der Waals surface area (Å²) in [5, 5.41) is 9.70. The number of rotatable bonds is 3. The Balaban J connectivity index is 1.31. The number of anilines is 1. The molecule has 0 atom stereocenters. The highest BCUT2D eigenvalue weighted by Gasteiger charge is 2.43. The minimum atomic E-state index is -0.482. The van der Waals surface area contributed by atoms with Crippen LogP contribution in [0.1, 0.15) is 18.4 Å². The van der Waals surface area contributed by atoms with Crippen LogP contribution in [0.5, 0.6) is 0 Å². The number of amides is 3. The SMILES string of the molecule is O=C1NCC2(CCN(C(=O)Nc3cnn(Cc4cccc(F)c4)c3)CC2)O1. The summed E-state index contributed by atoms with van der Waals surface area (Å²) < 4.78 is 20.3. The van der Waals surface area contributed by atoms with Gasteiger partial charge in [0.05, 0.1) is 25.0 Å². The molecule has 2 aliphatic heterocycles. The zero-order valence-electron chi connectivity index (χ0n) is 14.7. The van der Waals surface area contributed by atoms with E-state index in [0.29, 0.717) is 44.7 Å². The quantitative estimate of drug-likeness (QED) is 0.863. The molecular formula is C18H20FN5O3. The molecule has 2 aromatic rings. The first-order valence-electron chi connectivity index (χ1n) is 8.81. The van der Waals surface area contributed by atoms with Crippen LogP contribution in [0.2, 0.25) is 0 Å². The fourth-order valence-electron chi connectivity index (χ4n) is 3.44. The lowest BCUT2D eigenvalue weighted by atomic mass is 9.92. The number of carbonyl (C=O) groups excluding carboxylic acids is 2. The van der Waals surface area contributed by atoms with Gasteiger partial charge in [0.2, 0.25) is 0 Å². The van der Waals surface area contributed by atoms with Gasteiger partial charge in [-0.05, 0) is 17.7 Å². The van der Waals surface area contributed by atoms with Crippen LogP contribution in [-0.2, 0) is 11.3 Å². The lowest BCUT2D eigenvalue weighted by Gasteiger charge is -2.36. The van der Waals surface area contributed by atoms with Crippen molar-refractivity contribution in [2.75, 3.05) is 25.0 Å². The molecule has 0 radical (unpaired) electrons. The number of hydrogen-bond acceptors (Lipinski definition) is 4. The fraction of sp³-hybridized carbons (Fsp3) is 0.389. The number of alkyl carbamates (subject to hydrolysis) is 1. The normalized spacial score (nSPS) is 18.3. The maximum absolute atomic E-state index is 13.3. The number of ether oxygens (including phenoxy) is 1. The molecule has 1 spiro atoms. The third-order valence-electron chi connectivity index (χ3n) is 4.94. The average Bonchev–Trinajstić information content (AvgIpc) is 3.22. The number of hydrogen-bond donors (Lipinski definition) is 2. The molecule has 0 bridgehead atoms. The molecule has 2 N–H and O–H groups in total. The van der Waals surface area contributed by atoms with Crippen LogP contribution in [0.25, 0.3) is 0 Å². The zero-order chi connectivity index (χ0) is 18.9. The van der Waals surface area contributed by atoms with Crippen molar-refractivity contribution in [2.24, 2.45) is 0 Å². The molecule has 2 saturated heterocycles. The van der Waals surface area contributed by atoms with E-state index in [1.807, 2.05) is 6.07 Å². The first kappa shape index (κ1) is 17.3. The monoisotopic (exact) mass is 373 g/mol. The summed E-state index contributed by atoms with van der Waals surface area (Å²) in [6.45, 7) is 1.93. The predicted octanol–water partition coefficient (Wildman–Crippen LogP) is 2.18. The van der Waals surface area contributed by atoms with E-state index in [2.05, 4.69) is 15.7 Å². The molecule has 142 valence electrons. The van der Waals surface area contributed by atoms with E-state index < -0.39 is 11.7 Å². The highest BCUT2D eigenvalue weighted by molar-refractivity contribution is 5.89. The standard InChI is InChI=1S/C18H20FN5O3/c19-14-3-1-2-13(8-14)10-24-11-15(9-21-24)22-16(25)23-6-4-18(5-7-23)12-20-17(26)27-18/h1-3,8-9,11H,4-7,10,12H2,(H,20,26)(H,22,25). The van der Waals surface area contributed by atoms with Gasteiger partial charge in [-0.15, -0.1) is 0 Å². The Morgan fingerprint density at radius 1 is 1.37 bits per heavy atom. The summed E-state index contributed by atoms with van der Waals surface area (Å²) in [6.07, 6.45) is 4.09. The molecule has 0 aliphatic carbocycles. The molecule has 4 rings (SSSR count). The molecular weight excluding hydrogens is 353 g/mol. The molecule has 2 aliphatic rings. The van der Waals surface area contributed by atoms with Crippen molar-refractivity contribution in [3.05, 3.63) is 48.0 Å². The summed E-state index contributed by atoms with van der Waals surface area (Å²) in [5.41, 5.74) is 0.881. The van der Waals surface area contributed by atoms with Crippen LogP contribution in [0, 0.1) is 5.82 Å². The molecule has 2 fully saturated rings. The average molecular weight is 373 g/mol. The van der Waals surface area contributed by atoms with E-state index in [0.717, 1.165) is 5.56 Å². The number of carbonyl (C=O) groups is 2. The number of nitrogens with one attached hydrogen (secondary N) is 2. The van der Waals surface area contributed by atoms with Crippen molar-refractivity contribution >= 4 is 17.8 Å². The Morgan fingerprint density at radius 3 is 2.89 bits per heavy atom. The van der Waals surface area contributed by atoms with Gasteiger partial charge >= 0.3 is 12.1 Å². The maximum Gasteiger partial charge on any atom is 0.407 e. The molecule has 8 nitrogen and oxygen atoms in total. The van der Waals surface area contributed by atoms with Gasteiger partial charge in [0.1, 0.15) is 11.4 Å². The van der Waals surface area contributed by atoms with Gasteiger partial charge in [0, 0.05) is 32.1 Å². The van der Waals surface area contributed by atoms with Crippen molar-refractivity contribution in [3.63, 3.8) is 0 Å². The van der Waals surface area contributed by atoms with E-state index >= 15 is 0 Å². The van der Waals surface area contributed by atoms with Gasteiger partial charge in [0.15, 0.2) is 0 Å². The minimum absolute atomic E-state index is 0.215. The van der Waals surface area contributed by atoms with Gasteiger partial charge in [0.25, 0.3) is 0 Å². The van der Waals surface area contributed by atoms with Gasteiger partial charge in [-0.1, -0.05) is 12.1 Å². The predicted molar refractivity (Wildman–Crippen MR) is 94.8 cm³/mol. The summed E-state index contributed by atoms with van der Waals surface area (Å²) in [4.78, 5) is 25.4. The summed E-state index contributed by atoms with van der Waals surface area (Å²) in [7, 11) is 0. The topological polar surface area (TPSA) is 88.5 Å². The van der Waals surface area contributed by atoms with Crippen LogP contribution in [0.4, 0.5) is 19.7 Å². The highest BCUT2D eigenvalue weighted by Crippen LogP contribution is 2.29. The second-order valence-electron chi connectivity index (χ2n) is 6.90. The number of nitrogens with zero attached hydrogens (tertiary/aromatic N) is 3. The molecule has 9 heteroatoms. The van der Waals surface area contributed by atoms with Crippen molar-refractivity contribution in [2.45, 2.75) is 25.0 Å². The summed E-state index contributed by atoms with van der Waals surface area (Å²) >= 11 is 0. The van der Waals surface area contributed by atoms with Gasteiger partial charge in [-0.2, -0.15) is 5.10 Å². The largest absolute Gasteiger partial charge is 0.441 e. The van der Waals surface area contributed by atoms with E-state index in [1.54, 1.807) is 28.0 Å². The number of halogens is 1. The first-order valence-corrected chi connectivity index (χ1v) is 8.81. The number of benzene rings is 1. The van der Waals surface area contributed by atoms with Gasteiger partial charge < -0.3 is 20.3 Å². The van der Waals surface area contributed by atoms with Crippen molar-refractivity contribution in [3.8, 4) is 0 Å². The molecule has 0 unspecified atom stereocenters. The van der Waals surface area contributed by atoms with Crippen LogP contribution < -0.4 is 10.6 Å². The third-order valence-corrected chi connectivity index (χ3v) is 4.94. The minimum Gasteiger partial charge on any atom is -0.441 e. The van der Waals surface area contributed by atoms with Crippen molar-refractivity contribution in [1.82, 2.24) is 20.0 Å². The molecule has 3 heterocycles. The van der Waals surface area contributed by atoms with E-state index in [-0.39, 0.29) is 11.8 Å². The van der Waals surface area contributed by atoms with E-state index in [4.69, 9.17) is 4.74 Å². The van der Waals surface area contributed by atoms with Crippen molar-refractivity contribution in [1.29, 1.82) is 0 Å². The number of piperidine rings is 1. The van der Waals surface area contributed by atoms with Gasteiger partial charge in [-0.25, -0.2) is 14.0 Å². The highest BCUT2D eigenvalue weighted by atomic mass is 19.1. The number of aromatic nitrogens is 2. The third kappa shape index (κ3) is 3.86. The van der Waals surface area contributed by atoms with Crippen LogP contribution in [-0.4, -0.2) is 52.0 Å². The second kappa shape index (κ2) is 6.90. The number of likely N-dealkylation sites (tertiary alicyclic amines) is 1.